The van der Waals surface area contributed by atoms with Crippen molar-refractivity contribution in [3.05, 3.63) is 24.3 Å². The Kier molecular flexibility index (Phi) is 5.70. The highest BCUT2D eigenvalue weighted by Gasteiger charge is 2.31. The van der Waals surface area contributed by atoms with Gasteiger partial charge in [-0.05, 0) is 24.3 Å². The highest BCUT2D eigenvalue weighted by molar-refractivity contribution is 5.73. The molecular weight excluding hydrogens is 313 g/mol. The topological polar surface area (TPSA) is 42.0 Å². The minimum Gasteiger partial charge on any atom is -0.492 e. The second kappa shape index (κ2) is 7.54. The maximum atomic E-state index is 12.0. The first-order valence-electron chi connectivity index (χ1n) is 7.30. The number of hydrogen-bond donors (Lipinski definition) is 0. The standard InChI is InChI=1S/C15H19F3N2O3/c1-12(21)20-8-6-19(7-9-20)10-11-22-13-2-4-14(5-3-13)23-15(16,17)18/h2-5H,6-11H2,1H3. The van der Waals surface area contributed by atoms with Crippen molar-refractivity contribution in [1.29, 1.82) is 0 Å². The van der Waals surface area contributed by atoms with Crippen LogP contribution >= 0.6 is 0 Å². The van der Waals surface area contributed by atoms with Crippen molar-refractivity contribution in [3.8, 4) is 11.5 Å². The fraction of sp³-hybridized carbons (Fsp3) is 0.533. The lowest BCUT2D eigenvalue weighted by Gasteiger charge is -2.34. The molecule has 0 aliphatic carbocycles. The van der Waals surface area contributed by atoms with Gasteiger partial charge >= 0.3 is 6.36 Å². The number of halogens is 3. The molecule has 2 rings (SSSR count). The molecule has 128 valence electrons. The quantitative estimate of drug-likeness (QED) is 0.828. The van der Waals surface area contributed by atoms with E-state index in [1.807, 2.05) is 0 Å². The molecule has 23 heavy (non-hydrogen) atoms. The summed E-state index contributed by atoms with van der Waals surface area (Å²) in [5, 5.41) is 0. The first kappa shape index (κ1) is 17.4. The van der Waals surface area contributed by atoms with E-state index >= 15 is 0 Å². The molecule has 1 aromatic carbocycles. The van der Waals surface area contributed by atoms with E-state index in [-0.39, 0.29) is 11.7 Å². The van der Waals surface area contributed by atoms with Gasteiger partial charge in [0.05, 0.1) is 0 Å². The smallest absolute Gasteiger partial charge is 0.492 e. The molecule has 1 heterocycles. The lowest BCUT2D eigenvalue weighted by molar-refractivity contribution is -0.274. The minimum absolute atomic E-state index is 0.0852. The zero-order valence-corrected chi connectivity index (χ0v) is 12.8. The van der Waals surface area contributed by atoms with Gasteiger partial charge in [0.1, 0.15) is 18.1 Å². The zero-order chi connectivity index (χ0) is 16.9. The molecule has 5 nitrogen and oxygen atoms in total. The molecule has 1 amide bonds. The van der Waals surface area contributed by atoms with Gasteiger partial charge in [-0.3, -0.25) is 9.69 Å². The molecule has 0 atom stereocenters. The van der Waals surface area contributed by atoms with E-state index in [0.717, 1.165) is 13.1 Å². The van der Waals surface area contributed by atoms with E-state index < -0.39 is 6.36 Å². The summed E-state index contributed by atoms with van der Waals surface area (Å²) in [6.45, 7) is 5.69. The van der Waals surface area contributed by atoms with Crippen molar-refractivity contribution in [2.75, 3.05) is 39.3 Å². The van der Waals surface area contributed by atoms with Gasteiger partial charge in [0.25, 0.3) is 0 Å². The van der Waals surface area contributed by atoms with Crippen LogP contribution in [0.2, 0.25) is 0 Å². The maximum Gasteiger partial charge on any atom is 0.573 e. The molecule has 1 aromatic rings. The SMILES string of the molecule is CC(=O)N1CCN(CCOc2ccc(OC(F)(F)F)cc2)CC1. The first-order chi connectivity index (χ1) is 10.8. The third-order valence-electron chi connectivity index (χ3n) is 3.55. The third kappa shape index (κ3) is 5.97. The summed E-state index contributed by atoms with van der Waals surface area (Å²) in [6, 6.07) is 5.31. The monoisotopic (exact) mass is 332 g/mol. The van der Waals surface area contributed by atoms with Crippen molar-refractivity contribution < 1.29 is 27.4 Å². The molecule has 1 aliphatic heterocycles. The number of hydrogen-bond acceptors (Lipinski definition) is 4. The Morgan fingerprint density at radius 2 is 1.65 bits per heavy atom. The molecule has 0 spiro atoms. The van der Waals surface area contributed by atoms with Gasteiger partial charge in [-0.1, -0.05) is 0 Å². The second-order valence-electron chi connectivity index (χ2n) is 5.22. The van der Waals surface area contributed by atoms with Gasteiger partial charge in [0, 0.05) is 39.6 Å². The molecule has 0 aromatic heterocycles. The van der Waals surface area contributed by atoms with Crippen LogP contribution in [0.15, 0.2) is 24.3 Å². The van der Waals surface area contributed by atoms with Gasteiger partial charge < -0.3 is 14.4 Å². The molecule has 0 saturated carbocycles. The van der Waals surface area contributed by atoms with Crippen molar-refractivity contribution >= 4 is 5.91 Å². The number of rotatable bonds is 5. The number of nitrogens with zero attached hydrogens (tertiary/aromatic N) is 2. The van der Waals surface area contributed by atoms with E-state index in [1.165, 1.54) is 24.3 Å². The third-order valence-corrected chi connectivity index (χ3v) is 3.55. The van der Waals surface area contributed by atoms with Crippen molar-refractivity contribution in [1.82, 2.24) is 9.80 Å². The predicted octanol–water partition coefficient (Wildman–Crippen LogP) is 2.13. The minimum atomic E-state index is -4.69. The van der Waals surface area contributed by atoms with Crippen LogP contribution in [-0.2, 0) is 4.79 Å². The van der Waals surface area contributed by atoms with E-state index in [0.29, 0.717) is 32.0 Å². The van der Waals surface area contributed by atoms with E-state index in [9.17, 15) is 18.0 Å². The van der Waals surface area contributed by atoms with Crippen molar-refractivity contribution in [3.63, 3.8) is 0 Å². The zero-order valence-electron chi connectivity index (χ0n) is 12.8. The number of carbonyl (C=O) groups is 1. The second-order valence-corrected chi connectivity index (χ2v) is 5.22. The molecule has 1 fully saturated rings. The Morgan fingerprint density at radius 1 is 1.09 bits per heavy atom. The van der Waals surface area contributed by atoms with Crippen LogP contribution in [0.25, 0.3) is 0 Å². The number of carbonyl (C=O) groups excluding carboxylic acids is 1. The summed E-state index contributed by atoms with van der Waals surface area (Å²) in [5.41, 5.74) is 0. The summed E-state index contributed by atoms with van der Waals surface area (Å²) in [5.74, 6) is 0.300. The fourth-order valence-corrected chi connectivity index (χ4v) is 2.32. The lowest BCUT2D eigenvalue weighted by Crippen LogP contribution is -2.48. The van der Waals surface area contributed by atoms with E-state index in [1.54, 1.807) is 11.8 Å². The Hall–Kier alpha value is -1.96. The van der Waals surface area contributed by atoms with Gasteiger partial charge in [0.2, 0.25) is 5.91 Å². The summed E-state index contributed by atoms with van der Waals surface area (Å²) >= 11 is 0. The number of ether oxygens (including phenoxy) is 2. The summed E-state index contributed by atoms with van der Waals surface area (Å²) in [4.78, 5) is 15.2. The van der Waals surface area contributed by atoms with Crippen LogP contribution < -0.4 is 9.47 Å². The molecule has 1 saturated heterocycles. The van der Waals surface area contributed by atoms with Crippen LogP contribution in [0.5, 0.6) is 11.5 Å². The summed E-state index contributed by atoms with van der Waals surface area (Å²) in [6.07, 6.45) is -4.69. The number of piperazine rings is 1. The fourth-order valence-electron chi connectivity index (χ4n) is 2.32. The van der Waals surface area contributed by atoms with Gasteiger partial charge in [0.15, 0.2) is 0 Å². The molecule has 0 bridgehead atoms. The van der Waals surface area contributed by atoms with E-state index in [4.69, 9.17) is 4.74 Å². The molecule has 8 heteroatoms. The molecule has 0 unspecified atom stereocenters. The van der Waals surface area contributed by atoms with Crippen LogP contribution in [0.3, 0.4) is 0 Å². The molecular formula is C15H19F3N2O3. The van der Waals surface area contributed by atoms with Crippen LogP contribution in [0, 0.1) is 0 Å². The largest absolute Gasteiger partial charge is 0.573 e. The highest BCUT2D eigenvalue weighted by Crippen LogP contribution is 2.24. The van der Waals surface area contributed by atoms with Crippen molar-refractivity contribution in [2.24, 2.45) is 0 Å². The average molecular weight is 332 g/mol. The van der Waals surface area contributed by atoms with Gasteiger partial charge in [-0.2, -0.15) is 0 Å². The molecule has 1 aliphatic rings. The van der Waals surface area contributed by atoms with E-state index in [2.05, 4.69) is 9.64 Å². The number of benzene rings is 1. The number of alkyl halides is 3. The highest BCUT2D eigenvalue weighted by atomic mass is 19.4. The van der Waals surface area contributed by atoms with Crippen molar-refractivity contribution in [2.45, 2.75) is 13.3 Å². The van der Waals surface area contributed by atoms with Crippen LogP contribution in [0.4, 0.5) is 13.2 Å². The number of amides is 1. The summed E-state index contributed by atoms with van der Waals surface area (Å²) < 4.78 is 45.4. The van der Waals surface area contributed by atoms with Gasteiger partial charge in [-0.15, -0.1) is 13.2 Å². The van der Waals surface area contributed by atoms with Crippen LogP contribution in [0.1, 0.15) is 6.92 Å². The summed E-state index contributed by atoms with van der Waals surface area (Å²) in [7, 11) is 0. The Bertz CT molecular complexity index is 512. The van der Waals surface area contributed by atoms with Gasteiger partial charge in [-0.25, -0.2) is 0 Å². The lowest BCUT2D eigenvalue weighted by atomic mass is 10.3. The maximum absolute atomic E-state index is 12.0. The Morgan fingerprint density at radius 3 is 2.17 bits per heavy atom. The normalized spacial score (nSPS) is 16.3. The Labute approximate surface area is 132 Å². The van der Waals surface area contributed by atoms with Crippen LogP contribution in [-0.4, -0.2) is 61.4 Å². The Balaban J connectivity index is 1.69. The predicted molar refractivity (Wildman–Crippen MR) is 77.3 cm³/mol. The first-order valence-corrected chi connectivity index (χ1v) is 7.30. The molecule has 0 radical (unpaired) electrons. The average Bonchev–Trinajstić information content (AvgIpc) is 2.48. The molecule has 0 N–H and O–H groups in total.